The second-order valence-electron chi connectivity index (χ2n) is 1.88. The van der Waals surface area contributed by atoms with Gasteiger partial charge in [0.2, 0.25) is 11.5 Å². The third-order valence-corrected chi connectivity index (χ3v) is 1.32. The van der Waals surface area contributed by atoms with Crippen LogP contribution in [0.2, 0.25) is 0 Å². The van der Waals surface area contributed by atoms with E-state index in [-0.39, 0.29) is 0 Å². The van der Waals surface area contributed by atoms with Crippen molar-refractivity contribution >= 4 is 23.6 Å². The van der Waals surface area contributed by atoms with Crippen LogP contribution in [-0.4, -0.2) is 16.9 Å². The molecule has 0 aromatic carbocycles. The number of aliphatic imine (C=N–C) groups is 1. The van der Waals surface area contributed by atoms with E-state index >= 15 is 0 Å². The summed E-state index contributed by atoms with van der Waals surface area (Å²) in [5, 5.41) is 4.51. The van der Waals surface area contributed by atoms with Crippen molar-refractivity contribution in [1.29, 1.82) is 0 Å². The van der Waals surface area contributed by atoms with Gasteiger partial charge in [-0.05, 0) is 12.8 Å². The molecule has 0 atom stereocenters. The van der Waals surface area contributed by atoms with Gasteiger partial charge in [-0.1, -0.05) is 5.16 Å². The molecule has 2 rings (SSSR count). The summed E-state index contributed by atoms with van der Waals surface area (Å²) in [6.45, 7) is 3.35. The second-order valence-corrected chi connectivity index (χ2v) is 1.88. The van der Waals surface area contributed by atoms with Gasteiger partial charge in [0.1, 0.15) is 0 Å². The summed E-state index contributed by atoms with van der Waals surface area (Å²) in [6.07, 6.45) is 1.77. The van der Waals surface area contributed by atoms with Crippen molar-refractivity contribution in [2.75, 3.05) is 0 Å². The average molecular weight is 135 g/mol. The van der Waals surface area contributed by atoms with E-state index in [2.05, 4.69) is 21.9 Å². The maximum atomic E-state index is 4.84. The summed E-state index contributed by atoms with van der Waals surface area (Å²) in [5.74, 6) is 0.538. The summed E-state index contributed by atoms with van der Waals surface area (Å²) in [4.78, 5) is 6.51. The molecule has 0 aliphatic carbocycles. The van der Waals surface area contributed by atoms with Crippen LogP contribution in [0, 0.1) is 0 Å². The Bertz CT molecular complexity index is 360. The molecular weight excluding hydrogens is 130 g/mol. The molecule has 2 aromatic heterocycles. The first-order valence-electron chi connectivity index (χ1n) is 2.81. The Labute approximate surface area is 56.5 Å². The number of hydrogen-bond acceptors (Lipinski definition) is 3. The minimum Gasteiger partial charge on any atom is -0.336 e. The van der Waals surface area contributed by atoms with Gasteiger partial charge in [0.05, 0.1) is 5.39 Å². The lowest BCUT2D eigenvalue weighted by atomic mass is 10.4. The predicted octanol–water partition coefficient (Wildman–Crippen LogP) is 1.49. The zero-order valence-electron chi connectivity index (χ0n) is 5.16. The van der Waals surface area contributed by atoms with E-state index in [0.717, 1.165) is 5.39 Å². The molecule has 2 aromatic rings. The predicted molar refractivity (Wildman–Crippen MR) is 37.6 cm³/mol. The molecule has 0 radical (unpaired) electrons. The first-order valence-corrected chi connectivity index (χ1v) is 2.81. The highest BCUT2D eigenvalue weighted by Gasteiger charge is 2.04. The number of H-pyrrole nitrogens is 1. The lowest BCUT2D eigenvalue weighted by Crippen LogP contribution is -1.57. The fourth-order valence-corrected chi connectivity index (χ4v) is 0.858. The minimum atomic E-state index is 0.538. The summed E-state index contributed by atoms with van der Waals surface area (Å²) in [6, 6.07) is 1.84. The Kier molecular flexibility index (Phi) is 0.887. The van der Waals surface area contributed by atoms with Crippen molar-refractivity contribution < 1.29 is 4.52 Å². The van der Waals surface area contributed by atoms with Gasteiger partial charge in [-0.15, -0.1) is 0 Å². The van der Waals surface area contributed by atoms with Crippen LogP contribution in [0.15, 0.2) is 21.8 Å². The maximum Gasteiger partial charge on any atom is 0.238 e. The van der Waals surface area contributed by atoms with Crippen molar-refractivity contribution in [3.63, 3.8) is 0 Å². The smallest absolute Gasteiger partial charge is 0.238 e. The van der Waals surface area contributed by atoms with Gasteiger partial charge in [0, 0.05) is 6.20 Å². The lowest BCUT2D eigenvalue weighted by molar-refractivity contribution is 0.451. The molecule has 0 spiro atoms. The first-order chi connectivity index (χ1) is 4.92. The Morgan fingerprint density at radius 1 is 1.70 bits per heavy atom. The van der Waals surface area contributed by atoms with Gasteiger partial charge >= 0.3 is 0 Å². The van der Waals surface area contributed by atoms with Crippen molar-refractivity contribution in [1.82, 2.24) is 10.1 Å². The minimum absolute atomic E-state index is 0.538. The molecule has 0 aliphatic heterocycles. The highest BCUT2D eigenvalue weighted by atomic mass is 16.5. The number of fused-ring (bicyclic) bond motifs is 1. The van der Waals surface area contributed by atoms with Gasteiger partial charge in [-0.3, -0.25) is 0 Å². The number of hydrogen-bond donors (Lipinski definition) is 1. The summed E-state index contributed by atoms with van der Waals surface area (Å²) < 4.78 is 4.84. The van der Waals surface area contributed by atoms with Crippen molar-refractivity contribution in [2.45, 2.75) is 0 Å². The topological polar surface area (TPSA) is 54.2 Å². The van der Waals surface area contributed by atoms with E-state index < -0.39 is 0 Å². The molecule has 2 heterocycles. The average Bonchev–Trinajstić information content (AvgIpc) is 2.44. The molecule has 0 unspecified atom stereocenters. The summed E-state index contributed by atoms with van der Waals surface area (Å²) in [5.41, 5.74) is 0.641. The number of nitrogens with zero attached hydrogens (tertiary/aromatic N) is 2. The number of rotatable bonds is 1. The number of nitrogens with one attached hydrogen (secondary N) is 1. The molecule has 0 saturated heterocycles. The molecule has 0 saturated carbocycles. The fourth-order valence-electron chi connectivity index (χ4n) is 0.858. The van der Waals surface area contributed by atoms with E-state index in [9.17, 15) is 0 Å². The molecule has 0 aliphatic rings. The Balaban J connectivity index is 2.88. The molecule has 0 fully saturated rings. The fraction of sp³-hybridized carbons (Fsp3) is 0. The van der Waals surface area contributed by atoms with Gasteiger partial charge < -0.3 is 9.51 Å². The molecule has 0 bridgehead atoms. The molecular formula is C6H5N3O. The zero-order valence-corrected chi connectivity index (χ0v) is 5.16. The molecule has 1 N–H and O–H groups in total. The lowest BCUT2D eigenvalue weighted by Gasteiger charge is -1.73. The number of aromatic amines is 1. The highest BCUT2D eigenvalue weighted by Crippen LogP contribution is 2.22. The summed E-state index contributed by atoms with van der Waals surface area (Å²) in [7, 11) is 0. The van der Waals surface area contributed by atoms with Crippen molar-refractivity contribution in [3.05, 3.63) is 12.3 Å². The van der Waals surface area contributed by atoms with E-state index in [0.29, 0.717) is 11.5 Å². The van der Waals surface area contributed by atoms with Crippen LogP contribution >= 0.6 is 0 Å². The van der Waals surface area contributed by atoms with Crippen LogP contribution in [0.4, 0.5) is 5.82 Å². The largest absolute Gasteiger partial charge is 0.336 e. The molecule has 0 amide bonds. The van der Waals surface area contributed by atoms with Crippen LogP contribution in [0.1, 0.15) is 0 Å². The molecule has 50 valence electrons. The van der Waals surface area contributed by atoms with E-state index in [4.69, 9.17) is 4.52 Å². The quantitative estimate of drug-likeness (QED) is 0.602. The van der Waals surface area contributed by atoms with Crippen molar-refractivity contribution in [3.8, 4) is 0 Å². The van der Waals surface area contributed by atoms with Gasteiger partial charge in [-0.2, -0.15) is 0 Å². The Hall–Kier alpha value is -1.58. The van der Waals surface area contributed by atoms with Gasteiger partial charge in [-0.25, -0.2) is 4.99 Å². The maximum absolute atomic E-state index is 4.84. The van der Waals surface area contributed by atoms with E-state index in [1.165, 1.54) is 0 Å². The van der Waals surface area contributed by atoms with Crippen LogP contribution in [0.3, 0.4) is 0 Å². The number of aromatic nitrogens is 2. The molecule has 4 nitrogen and oxygen atoms in total. The van der Waals surface area contributed by atoms with E-state index in [1.807, 2.05) is 6.07 Å². The van der Waals surface area contributed by atoms with Gasteiger partial charge in [0.15, 0.2) is 0 Å². The third kappa shape index (κ3) is 0.500. The third-order valence-electron chi connectivity index (χ3n) is 1.32. The van der Waals surface area contributed by atoms with Crippen LogP contribution < -0.4 is 0 Å². The van der Waals surface area contributed by atoms with E-state index in [1.54, 1.807) is 6.20 Å². The Morgan fingerprint density at radius 2 is 2.60 bits per heavy atom. The normalized spacial score (nSPS) is 10.4. The Morgan fingerprint density at radius 3 is 3.40 bits per heavy atom. The van der Waals surface area contributed by atoms with Gasteiger partial charge in [0.25, 0.3) is 0 Å². The van der Waals surface area contributed by atoms with Crippen LogP contribution in [0.25, 0.3) is 11.1 Å². The standard InChI is InChI=1S/C6H5N3O/c1-7-5-4-2-3-8-6(4)10-9-5/h2-3,8H,1H2. The zero-order chi connectivity index (χ0) is 6.97. The van der Waals surface area contributed by atoms with Crippen LogP contribution in [-0.2, 0) is 0 Å². The van der Waals surface area contributed by atoms with Crippen molar-refractivity contribution in [2.24, 2.45) is 4.99 Å². The first kappa shape index (κ1) is 5.22. The second kappa shape index (κ2) is 1.70. The SMILES string of the molecule is C=Nc1noc2[nH]ccc12. The molecule has 10 heavy (non-hydrogen) atoms. The van der Waals surface area contributed by atoms with Crippen LogP contribution in [0.5, 0.6) is 0 Å². The highest BCUT2D eigenvalue weighted by molar-refractivity contribution is 5.84. The summed E-state index contributed by atoms with van der Waals surface area (Å²) >= 11 is 0. The monoisotopic (exact) mass is 135 g/mol. The molecule has 4 heteroatoms.